The number of hydrogen-bond acceptors (Lipinski definition) is 3. The Morgan fingerprint density at radius 2 is 1.48 bits per heavy atom. The number of nitrogens with one attached hydrogen (secondary N) is 2. The molecule has 0 saturated carbocycles. The number of halogens is 1. The molecule has 2 amide bonds. The van der Waals surface area contributed by atoms with Crippen molar-refractivity contribution in [2.75, 3.05) is 17.7 Å². The zero-order valence-corrected chi connectivity index (χ0v) is 16.1. The van der Waals surface area contributed by atoms with Crippen LogP contribution in [0.1, 0.15) is 20.7 Å². The SMILES string of the molecule is COc1ccc(C(=O)Nc2ccccc2C(=O)Nc2ccc(Br)cc2)cc1. The van der Waals surface area contributed by atoms with Gasteiger partial charge < -0.3 is 15.4 Å². The molecule has 3 rings (SSSR count). The highest BCUT2D eigenvalue weighted by molar-refractivity contribution is 9.10. The van der Waals surface area contributed by atoms with Gasteiger partial charge in [0.1, 0.15) is 5.75 Å². The maximum absolute atomic E-state index is 12.6. The first-order chi connectivity index (χ1) is 13.1. The van der Waals surface area contributed by atoms with E-state index >= 15 is 0 Å². The van der Waals surface area contributed by atoms with Crippen LogP contribution in [0.3, 0.4) is 0 Å². The van der Waals surface area contributed by atoms with Crippen molar-refractivity contribution in [3.05, 3.63) is 88.4 Å². The van der Waals surface area contributed by atoms with Gasteiger partial charge in [0.05, 0.1) is 18.4 Å². The molecule has 0 fully saturated rings. The van der Waals surface area contributed by atoms with Gasteiger partial charge in [-0.1, -0.05) is 28.1 Å². The number of amides is 2. The molecule has 0 spiro atoms. The van der Waals surface area contributed by atoms with Gasteiger partial charge >= 0.3 is 0 Å². The molecule has 136 valence electrons. The first-order valence-corrected chi connectivity index (χ1v) is 8.97. The third-order valence-electron chi connectivity index (χ3n) is 3.87. The van der Waals surface area contributed by atoms with Gasteiger partial charge in [0.25, 0.3) is 11.8 Å². The lowest BCUT2D eigenvalue weighted by molar-refractivity contribution is 0.102. The summed E-state index contributed by atoms with van der Waals surface area (Å²) in [6.07, 6.45) is 0. The van der Waals surface area contributed by atoms with E-state index in [-0.39, 0.29) is 11.8 Å². The number of anilines is 2. The number of benzene rings is 3. The Kier molecular flexibility index (Phi) is 5.88. The molecule has 0 aliphatic carbocycles. The first-order valence-electron chi connectivity index (χ1n) is 8.18. The van der Waals surface area contributed by atoms with E-state index in [9.17, 15) is 9.59 Å². The fourth-order valence-electron chi connectivity index (χ4n) is 2.46. The maximum atomic E-state index is 12.6. The number of carbonyl (C=O) groups is 2. The molecule has 0 bridgehead atoms. The summed E-state index contributed by atoms with van der Waals surface area (Å²) < 4.78 is 6.02. The summed E-state index contributed by atoms with van der Waals surface area (Å²) in [6.45, 7) is 0. The Balaban J connectivity index is 1.77. The van der Waals surface area contributed by atoms with E-state index < -0.39 is 0 Å². The number of hydrogen-bond donors (Lipinski definition) is 2. The molecular weight excluding hydrogens is 408 g/mol. The van der Waals surface area contributed by atoms with Crippen LogP contribution in [-0.2, 0) is 0 Å². The van der Waals surface area contributed by atoms with E-state index in [2.05, 4.69) is 26.6 Å². The lowest BCUT2D eigenvalue weighted by atomic mass is 10.1. The highest BCUT2D eigenvalue weighted by Gasteiger charge is 2.14. The van der Waals surface area contributed by atoms with Gasteiger partial charge in [-0.2, -0.15) is 0 Å². The third kappa shape index (κ3) is 4.74. The molecule has 0 heterocycles. The van der Waals surface area contributed by atoms with Crippen LogP contribution in [0.2, 0.25) is 0 Å². The molecule has 0 aliphatic rings. The van der Waals surface area contributed by atoms with Crippen LogP contribution in [0.4, 0.5) is 11.4 Å². The molecule has 0 unspecified atom stereocenters. The van der Waals surface area contributed by atoms with Crippen LogP contribution >= 0.6 is 15.9 Å². The normalized spacial score (nSPS) is 10.1. The number of para-hydroxylation sites is 1. The second kappa shape index (κ2) is 8.51. The zero-order valence-electron chi connectivity index (χ0n) is 14.5. The molecule has 0 aliphatic heterocycles. The molecule has 0 saturated heterocycles. The minimum atomic E-state index is -0.304. The second-order valence-electron chi connectivity index (χ2n) is 5.69. The fraction of sp³-hybridized carbons (Fsp3) is 0.0476. The summed E-state index contributed by atoms with van der Waals surface area (Å²) >= 11 is 3.36. The topological polar surface area (TPSA) is 67.4 Å². The van der Waals surface area contributed by atoms with Crippen LogP contribution in [0.5, 0.6) is 5.75 Å². The van der Waals surface area contributed by atoms with Crippen molar-refractivity contribution in [2.45, 2.75) is 0 Å². The van der Waals surface area contributed by atoms with E-state index in [1.165, 1.54) is 0 Å². The monoisotopic (exact) mass is 424 g/mol. The average molecular weight is 425 g/mol. The molecule has 3 aromatic carbocycles. The Morgan fingerprint density at radius 1 is 0.815 bits per heavy atom. The Morgan fingerprint density at radius 3 is 2.15 bits per heavy atom. The lowest BCUT2D eigenvalue weighted by Crippen LogP contribution is -2.18. The Labute approximate surface area is 165 Å². The highest BCUT2D eigenvalue weighted by Crippen LogP contribution is 2.20. The van der Waals surface area contributed by atoms with Gasteiger partial charge in [0.2, 0.25) is 0 Å². The zero-order chi connectivity index (χ0) is 19.2. The van der Waals surface area contributed by atoms with Crippen molar-refractivity contribution < 1.29 is 14.3 Å². The van der Waals surface area contributed by atoms with E-state index in [1.54, 1.807) is 67.8 Å². The lowest BCUT2D eigenvalue weighted by Gasteiger charge is -2.12. The number of methoxy groups -OCH3 is 1. The van der Waals surface area contributed by atoms with Crippen LogP contribution in [-0.4, -0.2) is 18.9 Å². The third-order valence-corrected chi connectivity index (χ3v) is 4.40. The van der Waals surface area contributed by atoms with Crippen molar-refractivity contribution in [3.8, 4) is 5.75 Å². The van der Waals surface area contributed by atoms with Crippen molar-refractivity contribution >= 4 is 39.1 Å². The minimum absolute atomic E-state index is 0.303. The van der Waals surface area contributed by atoms with E-state index in [1.807, 2.05) is 12.1 Å². The molecule has 0 atom stereocenters. The minimum Gasteiger partial charge on any atom is -0.497 e. The second-order valence-corrected chi connectivity index (χ2v) is 6.60. The molecular formula is C21H17BrN2O3. The average Bonchev–Trinajstić information content (AvgIpc) is 2.70. The number of ether oxygens (including phenoxy) is 1. The fourth-order valence-corrected chi connectivity index (χ4v) is 2.72. The van der Waals surface area contributed by atoms with Gasteiger partial charge in [0, 0.05) is 15.7 Å². The summed E-state index contributed by atoms with van der Waals surface area (Å²) in [5.41, 5.74) is 1.95. The van der Waals surface area contributed by atoms with Crippen LogP contribution in [0.25, 0.3) is 0 Å². The van der Waals surface area contributed by atoms with Gasteiger partial charge in [-0.15, -0.1) is 0 Å². The predicted octanol–water partition coefficient (Wildman–Crippen LogP) is 4.96. The molecule has 27 heavy (non-hydrogen) atoms. The first kappa shape index (κ1) is 18.7. The van der Waals surface area contributed by atoms with Crippen LogP contribution < -0.4 is 15.4 Å². The quantitative estimate of drug-likeness (QED) is 0.607. The number of rotatable bonds is 5. The van der Waals surface area contributed by atoms with Crippen molar-refractivity contribution in [1.82, 2.24) is 0 Å². The van der Waals surface area contributed by atoms with Gasteiger partial charge in [-0.25, -0.2) is 0 Å². The van der Waals surface area contributed by atoms with Gasteiger partial charge in [0.15, 0.2) is 0 Å². The molecule has 5 nitrogen and oxygen atoms in total. The molecule has 2 N–H and O–H groups in total. The number of carbonyl (C=O) groups excluding carboxylic acids is 2. The smallest absolute Gasteiger partial charge is 0.257 e. The summed E-state index contributed by atoms with van der Waals surface area (Å²) in [6, 6.07) is 20.9. The standard InChI is InChI=1S/C21H17BrN2O3/c1-27-17-12-6-14(7-13-17)20(25)24-19-5-3-2-4-18(19)21(26)23-16-10-8-15(22)9-11-16/h2-13H,1H3,(H,23,26)(H,24,25). The Hall–Kier alpha value is -3.12. The van der Waals surface area contributed by atoms with Crippen LogP contribution in [0.15, 0.2) is 77.3 Å². The molecule has 0 radical (unpaired) electrons. The van der Waals surface area contributed by atoms with Crippen LogP contribution in [0, 0.1) is 0 Å². The summed E-state index contributed by atoms with van der Waals surface area (Å²) in [5, 5.41) is 5.62. The molecule has 6 heteroatoms. The van der Waals surface area contributed by atoms with Crippen molar-refractivity contribution in [3.63, 3.8) is 0 Å². The van der Waals surface area contributed by atoms with Crippen molar-refractivity contribution in [1.29, 1.82) is 0 Å². The molecule has 3 aromatic rings. The largest absolute Gasteiger partial charge is 0.497 e. The summed E-state index contributed by atoms with van der Waals surface area (Å²) in [5.74, 6) is 0.0605. The maximum Gasteiger partial charge on any atom is 0.257 e. The highest BCUT2D eigenvalue weighted by atomic mass is 79.9. The summed E-state index contributed by atoms with van der Waals surface area (Å²) in [7, 11) is 1.56. The van der Waals surface area contributed by atoms with E-state index in [0.29, 0.717) is 28.3 Å². The molecule has 0 aromatic heterocycles. The predicted molar refractivity (Wildman–Crippen MR) is 109 cm³/mol. The van der Waals surface area contributed by atoms with Gasteiger partial charge in [-0.05, 0) is 60.7 Å². The van der Waals surface area contributed by atoms with E-state index in [4.69, 9.17) is 4.74 Å². The van der Waals surface area contributed by atoms with Crippen molar-refractivity contribution in [2.24, 2.45) is 0 Å². The van der Waals surface area contributed by atoms with Gasteiger partial charge in [-0.3, -0.25) is 9.59 Å². The summed E-state index contributed by atoms with van der Waals surface area (Å²) in [4.78, 5) is 25.1. The Bertz CT molecular complexity index is 954. The van der Waals surface area contributed by atoms with E-state index in [0.717, 1.165) is 4.47 Å².